The maximum atomic E-state index is 5.55. The van der Waals surface area contributed by atoms with Crippen LogP contribution in [0.4, 0.5) is 11.6 Å². The first-order chi connectivity index (χ1) is 13.2. The molecule has 0 radical (unpaired) electrons. The van der Waals surface area contributed by atoms with E-state index in [1.165, 1.54) is 0 Å². The summed E-state index contributed by atoms with van der Waals surface area (Å²) >= 11 is 0. The van der Waals surface area contributed by atoms with Crippen LogP contribution in [-0.2, 0) is 0 Å². The molecule has 27 heavy (non-hydrogen) atoms. The van der Waals surface area contributed by atoms with Gasteiger partial charge in [-0.2, -0.15) is 0 Å². The molecule has 6 heteroatoms. The molecule has 1 fully saturated rings. The van der Waals surface area contributed by atoms with E-state index in [-0.39, 0.29) is 0 Å². The zero-order valence-corrected chi connectivity index (χ0v) is 16.0. The Morgan fingerprint density at radius 3 is 2.15 bits per heavy atom. The van der Waals surface area contributed by atoms with Crippen LogP contribution >= 0.6 is 0 Å². The molecule has 0 aliphatic carbocycles. The van der Waals surface area contributed by atoms with Gasteiger partial charge in [0, 0.05) is 37.8 Å². The summed E-state index contributed by atoms with van der Waals surface area (Å²) in [5.74, 6) is 3.60. The third-order valence-electron chi connectivity index (χ3n) is 5.09. The fourth-order valence-corrected chi connectivity index (χ4v) is 3.66. The molecule has 0 saturated carbocycles. The van der Waals surface area contributed by atoms with Crippen LogP contribution in [0.25, 0.3) is 10.9 Å². The third kappa shape index (κ3) is 3.23. The number of piperazine rings is 1. The van der Waals surface area contributed by atoms with E-state index < -0.39 is 0 Å². The van der Waals surface area contributed by atoms with Gasteiger partial charge in [-0.15, -0.1) is 0 Å². The van der Waals surface area contributed by atoms with E-state index in [0.29, 0.717) is 0 Å². The minimum atomic E-state index is 0.767. The fraction of sp³-hybridized carbons (Fsp3) is 0.333. The Labute approximate surface area is 159 Å². The lowest BCUT2D eigenvalue weighted by atomic mass is 10.1. The van der Waals surface area contributed by atoms with Crippen LogP contribution < -0.4 is 19.3 Å². The number of rotatable bonds is 4. The van der Waals surface area contributed by atoms with Crippen molar-refractivity contribution in [1.82, 2.24) is 9.97 Å². The number of aryl methyl sites for hydroxylation is 1. The van der Waals surface area contributed by atoms with Crippen LogP contribution in [-0.4, -0.2) is 50.4 Å². The van der Waals surface area contributed by atoms with Crippen molar-refractivity contribution in [2.75, 3.05) is 50.2 Å². The summed E-state index contributed by atoms with van der Waals surface area (Å²) in [6.45, 7) is 5.75. The molecule has 6 nitrogen and oxygen atoms in total. The van der Waals surface area contributed by atoms with Crippen LogP contribution in [0, 0.1) is 6.92 Å². The number of hydrogen-bond acceptors (Lipinski definition) is 6. The molecule has 0 bridgehead atoms. The van der Waals surface area contributed by atoms with E-state index >= 15 is 0 Å². The highest BCUT2D eigenvalue weighted by atomic mass is 16.5. The van der Waals surface area contributed by atoms with Crippen molar-refractivity contribution in [3.63, 3.8) is 0 Å². The molecule has 1 aliphatic rings. The minimum absolute atomic E-state index is 0.767. The average Bonchev–Trinajstić information content (AvgIpc) is 2.73. The summed E-state index contributed by atoms with van der Waals surface area (Å²) in [5.41, 5.74) is 1.98. The maximum Gasteiger partial charge on any atom is 0.145 e. The molecule has 1 aromatic carbocycles. The van der Waals surface area contributed by atoms with Crippen LogP contribution in [0.15, 0.2) is 42.6 Å². The molecule has 2 aromatic heterocycles. The van der Waals surface area contributed by atoms with Gasteiger partial charge < -0.3 is 19.3 Å². The number of nitrogens with zero attached hydrogens (tertiary/aromatic N) is 4. The number of anilines is 2. The molecule has 3 aromatic rings. The Morgan fingerprint density at radius 2 is 1.52 bits per heavy atom. The summed E-state index contributed by atoms with van der Waals surface area (Å²) in [6, 6.07) is 12.0. The van der Waals surface area contributed by atoms with Crippen molar-refractivity contribution in [2.45, 2.75) is 6.92 Å². The lowest BCUT2D eigenvalue weighted by molar-refractivity contribution is 0.409. The standard InChI is InChI=1S/C21H24N4O2/c1-15-14-19(23-21-17(27-3)8-7-16(26-2)20(15)21)25-12-10-24(11-13-25)18-6-4-5-9-22-18/h4-9,14H,10-13H2,1-3H3. The van der Waals surface area contributed by atoms with Gasteiger partial charge in [-0.25, -0.2) is 9.97 Å². The van der Waals surface area contributed by atoms with Crippen LogP contribution in [0.1, 0.15) is 5.56 Å². The van der Waals surface area contributed by atoms with Crippen molar-refractivity contribution in [3.8, 4) is 11.5 Å². The Hall–Kier alpha value is -3.02. The number of methoxy groups -OCH3 is 2. The molecule has 0 unspecified atom stereocenters. The number of hydrogen-bond donors (Lipinski definition) is 0. The lowest BCUT2D eigenvalue weighted by Crippen LogP contribution is -2.47. The van der Waals surface area contributed by atoms with E-state index in [1.54, 1.807) is 14.2 Å². The average molecular weight is 364 g/mol. The van der Waals surface area contributed by atoms with Gasteiger partial charge in [0.25, 0.3) is 0 Å². The SMILES string of the molecule is COc1ccc(OC)c2c(C)cc(N3CCN(c4ccccn4)CC3)nc12. The molecule has 140 valence electrons. The van der Waals surface area contributed by atoms with Crippen molar-refractivity contribution in [2.24, 2.45) is 0 Å². The summed E-state index contributed by atoms with van der Waals surface area (Å²) < 4.78 is 11.1. The van der Waals surface area contributed by atoms with Gasteiger partial charge in [-0.1, -0.05) is 6.07 Å². The molecule has 0 amide bonds. The normalized spacial score (nSPS) is 14.5. The lowest BCUT2D eigenvalue weighted by Gasteiger charge is -2.36. The predicted molar refractivity (Wildman–Crippen MR) is 108 cm³/mol. The van der Waals surface area contributed by atoms with Gasteiger partial charge in [0.15, 0.2) is 0 Å². The smallest absolute Gasteiger partial charge is 0.145 e. The molecular weight excluding hydrogens is 340 g/mol. The number of ether oxygens (including phenoxy) is 2. The largest absolute Gasteiger partial charge is 0.496 e. The first-order valence-electron chi connectivity index (χ1n) is 9.14. The van der Waals surface area contributed by atoms with Crippen LogP contribution in [0.2, 0.25) is 0 Å². The molecule has 1 aliphatic heterocycles. The summed E-state index contributed by atoms with van der Waals surface area (Å²) in [4.78, 5) is 14.0. The second-order valence-electron chi connectivity index (χ2n) is 6.65. The third-order valence-corrected chi connectivity index (χ3v) is 5.09. The summed E-state index contributed by atoms with van der Waals surface area (Å²) in [7, 11) is 3.36. The number of fused-ring (bicyclic) bond motifs is 1. The van der Waals surface area contributed by atoms with E-state index in [9.17, 15) is 0 Å². The van der Waals surface area contributed by atoms with E-state index in [1.807, 2.05) is 30.5 Å². The van der Waals surface area contributed by atoms with E-state index in [0.717, 1.165) is 65.8 Å². The Balaban J connectivity index is 1.63. The van der Waals surface area contributed by atoms with Gasteiger partial charge in [0.05, 0.1) is 14.2 Å². The summed E-state index contributed by atoms with van der Waals surface area (Å²) in [5, 5.41) is 1.01. The predicted octanol–water partition coefficient (Wildman–Crippen LogP) is 3.28. The molecular formula is C21H24N4O2. The Kier molecular flexibility index (Phi) is 4.71. The van der Waals surface area contributed by atoms with Crippen molar-refractivity contribution < 1.29 is 9.47 Å². The molecule has 0 atom stereocenters. The Morgan fingerprint density at radius 1 is 0.852 bits per heavy atom. The van der Waals surface area contributed by atoms with E-state index in [2.05, 4.69) is 33.8 Å². The number of aromatic nitrogens is 2. The summed E-state index contributed by atoms with van der Waals surface area (Å²) in [6.07, 6.45) is 1.84. The second-order valence-corrected chi connectivity index (χ2v) is 6.65. The van der Waals surface area contributed by atoms with Crippen LogP contribution in [0.3, 0.4) is 0 Å². The van der Waals surface area contributed by atoms with Crippen molar-refractivity contribution >= 4 is 22.5 Å². The monoisotopic (exact) mass is 364 g/mol. The number of benzene rings is 1. The molecule has 1 saturated heterocycles. The van der Waals surface area contributed by atoms with Crippen LogP contribution in [0.5, 0.6) is 11.5 Å². The zero-order valence-electron chi connectivity index (χ0n) is 16.0. The highest BCUT2D eigenvalue weighted by molar-refractivity contribution is 5.94. The highest BCUT2D eigenvalue weighted by Crippen LogP contribution is 2.36. The first kappa shape index (κ1) is 17.4. The van der Waals surface area contributed by atoms with Gasteiger partial charge in [-0.05, 0) is 42.8 Å². The second kappa shape index (κ2) is 7.31. The molecule has 0 N–H and O–H groups in total. The maximum absolute atomic E-state index is 5.55. The van der Waals surface area contributed by atoms with Crippen molar-refractivity contribution in [3.05, 3.63) is 48.2 Å². The topological polar surface area (TPSA) is 50.7 Å². The fourth-order valence-electron chi connectivity index (χ4n) is 3.66. The van der Waals surface area contributed by atoms with Crippen molar-refractivity contribution in [1.29, 1.82) is 0 Å². The van der Waals surface area contributed by atoms with Gasteiger partial charge in [0.2, 0.25) is 0 Å². The number of pyridine rings is 2. The molecule has 0 spiro atoms. The Bertz CT molecular complexity index is 938. The molecule has 3 heterocycles. The minimum Gasteiger partial charge on any atom is -0.496 e. The van der Waals surface area contributed by atoms with Gasteiger partial charge in [0.1, 0.15) is 28.7 Å². The quantitative estimate of drug-likeness (QED) is 0.708. The van der Waals surface area contributed by atoms with Gasteiger partial charge >= 0.3 is 0 Å². The van der Waals surface area contributed by atoms with E-state index in [4.69, 9.17) is 14.5 Å². The highest BCUT2D eigenvalue weighted by Gasteiger charge is 2.21. The van der Waals surface area contributed by atoms with Gasteiger partial charge in [-0.3, -0.25) is 0 Å². The first-order valence-corrected chi connectivity index (χ1v) is 9.14. The molecule has 4 rings (SSSR count). The zero-order chi connectivity index (χ0) is 18.8.